The van der Waals surface area contributed by atoms with Crippen molar-refractivity contribution in [1.82, 2.24) is 15.8 Å². The number of amidine groups is 1. The average Bonchev–Trinajstić information content (AvgIpc) is 2.98. The Labute approximate surface area is 237 Å². The van der Waals surface area contributed by atoms with Gasteiger partial charge in [-0.1, -0.05) is 0 Å². The van der Waals surface area contributed by atoms with Crippen LogP contribution in [-0.2, 0) is 9.59 Å². The van der Waals surface area contributed by atoms with Crippen LogP contribution in [0.1, 0.15) is 27.5 Å². The molecule has 42 heavy (non-hydrogen) atoms. The molecule has 0 fully saturated rings. The molecule has 3 rings (SSSR count). The van der Waals surface area contributed by atoms with Gasteiger partial charge >= 0.3 is 12.1 Å². The van der Waals surface area contributed by atoms with Crippen LogP contribution < -0.4 is 36.1 Å². The van der Waals surface area contributed by atoms with Crippen molar-refractivity contribution in [2.75, 3.05) is 26.6 Å². The molecular formula is C26H27F3N6O7. The minimum Gasteiger partial charge on any atom is -0.493 e. The standard InChI is InChI=1S/C24H26N6O5.C2HF3O2/c1-33-18-11-16(12-19(34-2)21(18)35-3)20(28-17-8-6-14(7-9-17)22(25)26)24(32)30-29-23(31)15-5-4-10-27-13-15;3-2(4,5)1(6)7/h4-13,20,28H,1-3H3,(H3,25,26)(H,29,31)(H,30,32);(H,6,7). The van der Waals surface area contributed by atoms with Gasteiger partial charge in [0, 0.05) is 23.6 Å². The highest BCUT2D eigenvalue weighted by atomic mass is 19.4. The highest BCUT2D eigenvalue weighted by Gasteiger charge is 2.38. The van der Waals surface area contributed by atoms with Gasteiger partial charge in [0.05, 0.1) is 26.9 Å². The summed E-state index contributed by atoms with van der Waals surface area (Å²) in [6.45, 7) is 0. The molecule has 0 aliphatic rings. The van der Waals surface area contributed by atoms with Crippen LogP contribution in [0.5, 0.6) is 17.2 Å². The molecule has 3 aromatic rings. The Morgan fingerprint density at radius 3 is 1.95 bits per heavy atom. The number of benzene rings is 2. The van der Waals surface area contributed by atoms with Gasteiger partial charge in [-0.2, -0.15) is 13.2 Å². The number of amides is 2. The summed E-state index contributed by atoms with van der Waals surface area (Å²) in [6, 6.07) is 12.1. The van der Waals surface area contributed by atoms with Crippen molar-refractivity contribution < 1.29 is 46.9 Å². The maximum atomic E-state index is 13.2. The van der Waals surface area contributed by atoms with E-state index in [1.807, 2.05) is 0 Å². The summed E-state index contributed by atoms with van der Waals surface area (Å²) in [6.07, 6.45) is -2.16. The van der Waals surface area contributed by atoms with E-state index in [9.17, 15) is 22.8 Å². The number of nitrogens with one attached hydrogen (secondary N) is 4. The molecule has 1 atom stereocenters. The summed E-state index contributed by atoms with van der Waals surface area (Å²) in [7, 11) is 4.42. The first-order valence-electron chi connectivity index (χ1n) is 11.6. The number of hydrogen-bond acceptors (Lipinski definition) is 9. The number of nitrogens with zero attached hydrogens (tertiary/aromatic N) is 1. The van der Waals surface area contributed by atoms with E-state index in [-0.39, 0.29) is 11.4 Å². The first kappa shape index (κ1) is 32.7. The number of alkyl halides is 3. The Balaban J connectivity index is 0.000000782. The molecule has 2 amide bonds. The molecule has 0 radical (unpaired) electrons. The normalized spacial score (nSPS) is 11.1. The van der Waals surface area contributed by atoms with E-state index in [0.29, 0.717) is 34.1 Å². The van der Waals surface area contributed by atoms with Gasteiger partial charge in [0.2, 0.25) is 5.75 Å². The van der Waals surface area contributed by atoms with E-state index >= 15 is 0 Å². The van der Waals surface area contributed by atoms with Crippen LogP contribution in [0, 0.1) is 5.41 Å². The number of hydrogen-bond donors (Lipinski definition) is 6. The van der Waals surface area contributed by atoms with Crippen LogP contribution in [0.3, 0.4) is 0 Å². The second-order valence-electron chi connectivity index (χ2n) is 8.02. The molecule has 13 nitrogen and oxygen atoms in total. The zero-order valence-corrected chi connectivity index (χ0v) is 22.4. The van der Waals surface area contributed by atoms with E-state index in [4.69, 9.17) is 35.3 Å². The zero-order chi connectivity index (χ0) is 31.4. The SMILES string of the molecule is COc1cc(C(Nc2ccc(C(=N)N)cc2)C(=O)NNC(=O)c2cccnc2)cc(OC)c1OC.O=C(O)C(F)(F)F. The maximum absolute atomic E-state index is 13.2. The average molecular weight is 593 g/mol. The number of nitrogen functional groups attached to an aromatic ring is 1. The van der Waals surface area contributed by atoms with Crippen molar-refractivity contribution in [3.63, 3.8) is 0 Å². The number of carboxylic acid groups (broad SMARTS) is 1. The zero-order valence-electron chi connectivity index (χ0n) is 22.4. The Morgan fingerprint density at radius 2 is 1.52 bits per heavy atom. The number of rotatable bonds is 9. The fourth-order valence-electron chi connectivity index (χ4n) is 3.24. The van der Waals surface area contributed by atoms with Gasteiger partial charge in [0.25, 0.3) is 11.8 Å². The molecule has 0 saturated heterocycles. The molecule has 7 N–H and O–H groups in total. The number of carbonyl (C=O) groups is 3. The number of aliphatic carboxylic acids is 1. The lowest BCUT2D eigenvalue weighted by Gasteiger charge is -2.22. The number of anilines is 1. The van der Waals surface area contributed by atoms with E-state index < -0.39 is 30.0 Å². The number of nitrogens with two attached hydrogens (primary N) is 1. The van der Waals surface area contributed by atoms with Crippen LogP contribution in [0.25, 0.3) is 0 Å². The van der Waals surface area contributed by atoms with E-state index in [2.05, 4.69) is 21.2 Å². The third kappa shape index (κ3) is 9.00. The van der Waals surface area contributed by atoms with Crippen LogP contribution >= 0.6 is 0 Å². The van der Waals surface area contributed by atoms with E-state index in [0.717, 1.165) is 0 Å². The maximum Gasteiger partial charge on any atom is 0.490 e. The molecule has 0 aliphatic heterocycles. The fourth-order valence-corrected chi connectivity index (χ4v) is 3.24. The number of ether oxygens (including phenoxy) is 3. The van der Waals surface area contributed by atoms with Crippen LogP contribution in [-0.4, -0.2) is 61.2 Å². The highest BCUT2D eigenvalue weighted by Crippen LogP contribution is 2.40. The third-order valence-electron chi connectivity index (χ3n) is 5.25. The molecule has 224 valence electrons. The molecule has 1 unspecified atom stereocenters. The van der Waals surface area contributed by atoms with Gasteiger partial charge in [0.1, 0.15) is 11.9 Å². The largest absolute Gasteiger partial charge is 0.493 e. The van der Waals surface area contributed by atoms with Gasteiger partial charge in [0.15, 0.2) is 11.5 Å². The lowest BCUT2D eigenvalue weighted by atomic mass is 10.0. The monoisotopic (exact) mass is 592 g/mol. The van der Waals surface area contributed by atoms with Crippen LogP contribution in [0.4, 0.5) is 18.9 Å². The first-order chi connectivity index (χ1) is 19.8. The fraction of sp³-hybridized carbons (Fsp3) is 0.192. The predicted octanol–water partition coefficient (Wildman–Crippen LogP) is 2.64. The Morgan fingerprint density at radius 1 is 0.952 bits per heavy atom. The number of carboxylic acids is 1. The van der Waals surface area contributed by atoms with Gasteiger partial charge in [-0.05, 0) is 54.1 Å². The summed E-state index contributed by atoms with van der Waals surface area (Å²) in [5, 5.41) is 17.8. The molecular weight excluding hydrogens is 565 g/mol. The second kappa shape index (κ2) is 14.7. The van der Waals surface area contributed by atoms with Crippen molar-refractivity contribution in [3.05, 3.63) is 77.6 Å². The molecule has 2 aromatic carbocycles. The number of methoxy groups -OCH3 is 3. The lowest BCUT2D eigenvalue weighted by Crippen LogP contribution is -2.45. The summed E-state index contributed by atoms with van der Waals surface area (Å²) >= 11 is 0. The van der Waals surface area contributed by atoms with E-state index in [1.54, 1.807) is 48.5 Å². The molecule has 0 bridgehead atoms. The summed E-state index contributed by atoms with van der Waals surface area (Å²) in [4.78, 5) is 38.4. The van der Waals surface area contributed by atoms with Crippen molar-refractivity contribution >= 4 is 29.3 Å². The lowest BCUT2D eigenvalue weighted by molar-refractivity contribution is -0.192. The van der Waals surface area contributed by atoms with Gasteiger partial charge < -0.3 is 30.4 Å². The minimum atomic E-state index is -5.08. The van der Waals surface area contributed by atoms with Gasteiger partial charge in [-0.25, -0.2) is 4.79 Å². The molecule has 1 aromatic heterocycles. The van der Waals surface area contributed by atoms with Gasteiger partial charge in [-0.3, -0.25) is 30.8 Å². The number of halogens is 3. The third-order valence-corrected chi connectivity index (χ3v) is 5.25. The molecule has 1 heterocycles. The number of pyridine rings is 1. The number of carbonyl (C=O) groups excluding carboxylic acids is 2. The summed E-state index contributed by atoms with van der Waals surface area (Å²) in [5.74, 6) is -2.84. The number of hydrazine groups is 1. The Bertz CT molecular complexity index is 1380. The van der Waals surface area contributed by atoms with Crippen LogP contribution in [0.2, 0.25) is 0 Å². The molecule has 0 spiro atoms. The quantitative estimate of drug-likeness (QED) is 0.122. The predicted molar refractivity (Wildman–Crippen MR) is 143 cm³/mol. The Hall–Kier alpha value is -5.54. The van der Waals surface area contributed by atoms with E-state index in [1.165, 1.54) is 33.7 Å². The van der Waals surface area contributed by atoms with Crippen molar-refractivity contribution in [3.8, 4) is 17.2 Å². The Kier molecular flexibility index (Phi) is 11.5. The van der Waals surface area contributed by atoms with Crippen molar-refractivity contribution in [2.24, 2.45) is 5.73 Å². The minimum absolute atomic E-state index is 0.0754. The van der Waals surface area contributed by atoms with Gasteiger partial charge in [-0.15, -0.1) is 0 Å². The molecule has 16 heteroatoms. The highest BCUT2D eigenvalue weighted by molar-refractivity contribution is 5.97. The van der Waals surface area contributed by atoms with Crippen molar-refractivity contribution in [1.29, 1.82) is 5.41 Å². The summed E-state index contributed by atoms with van der Waals surface area (Å²) in [5.41, 5.74) is 12.2. The van der Waals surface area contributed by atoms with Crippen LogP contribution in [0.15, 0.2) is 60.9 Å². The summed E-state index contributed by atoms with van der Waals surface area (Å²) < 4.78 is 47.9. The smallest absolute Gasteiger partial charge is 0.490 e. The molecule has 0 aliphatic carbocycles. The topological polar surface area (TPSA) is 198 Å². The first-order valence-corrected chi connectivity index (χ1v) is 11.6. The second-order valence-corrected chi connectivity index (χ2v) is 8.02. The molecule has 0 saturated carbocycles. The van der Waals surface area contributed by atoms with Crippen molar-refractivity contribution in [2.45, 2.75) is 12.2 Å². The number of aromatic nitrogens is 1.